The maximum Gasteiger partial charge on any atom is 0.251 e. The van der Waals surface area contributed by atoms with E-state index < -0.39 is 52.3 Å². The topological polar surface area (TPSA) is 190 Å². The highest BCUT2D eigenvalue weighted by molar-refractivity contribution is 6.31. The molecular weight excluding hydrogens is 1050 g/mol. The Morgan fingerprint density at radius 1 is 0.924 bits per heavy atom. The monoisotopic (exact) mass is 1120 g/mol. The molecule has 4 atom stereocenters. The first-order chi connectivity index (χ1) is 38.0. The number of hydrogen-bond acceptors (Lipinski definition) is 13. The third-order valence-corrected chi connectivity index (χ3v) is 14.8. The summed E-state index contributed by atoms with van der Waals surface area (Å²) < 4.78 is 57.5. The molecule has 20 heteroatoms. The Hall–Kier alpha value is -6.72. The number of amides is 2. The smallest absolute Gasteiger partial charge is 0.251 e. The van der Waals surface area contributed by atoms with Crippen LogP contribution < -0.4 is 30.9 Å². The zero-order valence-electron chi connectivity index (χ0n) is 45.3. The van der Waals surface area contributed by atoms with E-state index in [4.69, 9.17) is 52.2 Å². The molecule has 1 aliphatic carbocycles. The molecule has 0 radical (unpaired) electrons. The SMILES string of the molecule is COc1ccc(C(=O)NCCOCCOCCOC2CCC(Nc3nccc(-c4cnn(Cc5ccccc5)c4N(C)C)n3)CC2)cc1NC(=O)C1N[C@@H](CC(C)(C)C)[C@](C#N)(c2ccc(Cl)cc2F)C1c1cccc(Cl)c1F. The minimum atomic E-state index is -1.83. The van der Waals surface area contributed by atoms with Crippen molar-refractivity contribution >= 4 is 52.5 Å². The lowest BCUT2D eigenvalue weighted by Crippen LogP contribution is -2.45. The molecule has 2 aliphatic rings. The number of aromatic nitrogens is 4. The van der Waals surface area contributed by atoms with Gasteiger partial charge in [0.15, 0.2) is 0 Å². The van der Waals surface area contributed by atoms with Crippen LogP contribution in [-0.2, 0) is 31.0 Å². The molecule has 3 heterocycles. The molecule has 2 aromatic heterocycles. The molecule has 1 saturated carbocycles. The number of nitrogens with zero attached hydrogens (tertiary/aromatic N) is 6. The van der Waals surface area contributed by atoms with Crippen molar-refractivity contribution in [2.75, 3.05) is 76.3 Å². The number of nitriles is 1. The lowest BCUT2D eigenvalue weighted by atomic mass is 9.62. The van der Waals surface area contributed by atoms with Gasteiger partial charge in [-0.15, -0.1) is 0 Å². The molecule has 16 nitrogen and oxygen atoms in total. The average molecular weight is 1120 g/mol. The van der Waals surface area contributed by atoms with Crippen LogP contribution in [0.5, 0.6) is 5.75 Å². The largest absolute Gasteiger partial charge is 0.495 e. The quantitative estimate of drug-likeness (QED) is 0.0444. The minimum absolute atomic E-state index is 0.0487. The summed E-state index contributed by atoms with van der Waals surface area (Å²) in [6.45, 7) is 8.45. The number of methoxy groups -OCH3 is 1. The molecule has 1 aliphatic heterocycles. The van der Waals surface area contributed by atoms with Gasteiger partial charge in [0.25, 0.3) is 5.91 Å². The van der Waals surface area contributed by atoms with Gasteiger partial charge < -0.3 is 45.1 Å². The number of ether oxygens (including phenoxy) is 4. The number of hydrogen-bond donors (Lipinski definition) is 4. The summed E-state index contributed by atoms with van der Waals surface area (Å²) in [4.78, 5) is 39.5. The van der Waals surface area contributed by atoms with Crippen molar-refractivity contribution in [3.05, 3.63) is 147 Å². The van der Waals surface area contributed by atoms with Gasteiger partial charge in [0, 0.05) is 61.0 Å². The summed E-state index contributed by atoms with van der Waals surface area (Å²) >= 11 is 12.5. The Morgan fingerprint density at radius 2 is 1.67 bits per heavy atom. The van der Waals surface area contributed by atoms with Crippen molar-refractivity contribution < 1.29 is 37.3 Å². The molecule has 2 fully saturated rings. The zero-order chi connectivity index (χ0) is 56.3. The Bertz CT molecular complexity index is 3090. The highest BCUT2D eigenvalue weighted by Gasteiger charge is 2.61. The second-order valence-corrected chi connectivity index (χ2v) is 22.1. The lowest BCUT2D eigenvalue weighted by molar-refractivity contribution is -0.118. The molecule has 2 unspecified atom stereocenters. The van der Waals surface area contributed by atoms with Crippen molar-refractivity contribution in [2.24, 2.45) is 5.41 Å². The number of carbonyl (C=O) groups is 2. The number of halogens is 4. The summed E-state index contributed by atoms with van der Waals surface area (Å²) in [5.74, 6) is -2.25. The fraction of sp³-hybridized carbons (Fsp3) is 0.424. The fourth-order valence-electron chi connectivity index (χ4n) is 10.7. The van der Waals surface area contributed by atoms with Gasteiger partial charge in [0.2, 0.25) is 11.9 Å². The van der Waals surface area contributed by atoms with Gasteiger partial charge in [-0.2, -0.15) is 10.4 Å². The van der Waals surface area contributed by atoms with Gasteiger partial charge >= 0.3 is 0 Å². The van der Waals surface area contributed by atoms with E-state index in [1.165, 1.54) is 55.1 Å². The van der Waals surface area contributed by atoms with Crippen molar-refractivity contribution in [2.45, 2.75) is 95.0 Å². The lowest BCUT2D eigenvalue weighted by Gasteiger charge is -2.37. The van der Waals surface area contributed by atoms with E-state index in [1.807, 2.05) is 70.0 Å². The third kappa shape index (κ3) is 14.2. The number of anilines is 3. The maximum absolute atomic E-state index is 16.2. The predicted molar refractivity (Wildman–Crippen MR) is 302 cm³/mol. The van der Waals surface area contributed by atoms with Crippen LogP contribution in [0.1, 0.15) is 85.8 Å². The molecule has 0 spiro atoms. The number of benzene rings is 4. The van der Waals surface area contributed by atoms with Crippen LogP contribution in [0.2, 0.25) is 10.0 Å². The van der Waals surface area contributed by atoms with Crippen molar-refractivity contribution in [3.63, 3.8) is 0 Å². The Morgan fingerprint density at radius 3 is 2.38 bits per heavy atom. The number of carbonyl (C=O) groups excluding carboxylic acids is 2. The van der Waals surface area contributed by atoms with Gasteiger partial charge in [-0.3, -0.25) is 9.59 Å². The molecular formula is C59H68Cl2F2N10O6. The van der Waals surface area contributed by atoms with Crippen molar-refractivity contribution in [1.82, 2.24) is 30.4 Å². The first-order valence-electron chi connectivity index (χ1n) is 26.5. The molecule has 4 N–H and O–H groups in total. The van der Waals surface area contributed by atoms with E-state index in [2.05, 4.69) is 49.4 Å². The van der Waals surface area contributed by atoms with Gasteiger partial charge in [0.05, 0.1) is 93.1 Å². The van der Waals surface area contributed by atoms with E-state index in [0.29, 0.717) is 38.9 Å². The highest BCUT2D eigenvalue weighted by Crippen LogP contribution is 2.53. The van der Waals surface area contributed by atoms with Crippen LogP contribution in [0.3, 0.4) is 0 Å². The van der Waals surface area contributed by atoms with Gasteiger partial charge in [-0.25, -0.2) is 23.4 Å². The second kappa shape index (κ2) is 26.5. The van der Waals surface area contributed by atoms with E-state index in [9.17, 15) is 14.9 Å². The standard InChI is InChI=1S/C59H68Cl2F2N10O6/c1-58(2,3)33-50-59(36-64,44-21-16-39(60)32-46(44)62)51(42-13-10-14-45(61)52(42)63)53(71-50)55(75)69-48-31-38(15-22-49(48)76-6)54(74)65-25-26-77-27-28-78-29-30-79-41-19-17-40(18-20-41)68-57-66-24-23-47(70-57)43-34-67-73(56(43)72(4)5)35-37-11-8-7-9-12-37/h7-16,21-24,31-32,34,40-41,50-51,53,71H,17-20,25-30,33,35H2,1-6H3,(H,65,74)(H,69,75)(H,66,68,70)/t40?,41?,50-,51?,53?,59-/m0/s1. The van der Waals surface area contributed by atoms with E-state index in [0.717, 1.165) is 48.8 Å². The third-order valence-electron chi connectivity index (χ3n) is 14.3. The van der Waals surface area contributed by atoms with Gasteiger partial charge in [0.1, 0.15) is 28.6 Å². The average Bonchev–Trinajstić information content (AvgIpc) is 3.51. The molecule has 1 saturated heterocycles. The Kier molecular flexibility index (Phi) is 19.6. The first kappa shape index (κ1) is 58.4. The molecule has 2 amide bonds. The van der Waals surface area contributed by atoms with Gasteiger partial charge in [-0.05, 0) is 91.1 Å². The molecule has 6 aromatic rings. The normalized spacial score (nSPS) is 20.1. The summed E-state index contributed by atoms with van der Waals surface area (Å²) in [6, 6.07) is 25.4. The minimum Gasteiger partial charge on any atom is -0.495 e. The fourth-order valence-corrected chi connectivity index (χ4v) is 11.0. The Balaban J connectivity index is 0.776. The second-order valence-electron chi connectivity index (χ2n) is 21.2. The van der Waals surface area contributed by atoms with Crippen molar-refractivity contribution in [3.8, 4) is 23.1 Å². The number of rotatable bonds is 23. The summed E-state index contributed by atoms with van der Waals surface area (Å²) in [6.07, 6.45) is 7.71. The van der Waals surface area contributed by atoms with E-state index >= 15 is 8.78 Å². The molecule has 418 valence electrons. The van der Waals surface area contributed by atoms with Crippen LogP contribution in [-0.4, -0.2) is 117 Å². The molecule has 79 heavy (non-hydrogen) atoms. The van der Waals surface area contributed by atoms with Crippen LogP contribution in [0.4, 0.5) is 26.2 Å². The number of nitrogens with one attached hydrogen (secondary N) is 4. The van der Waals surface area contributed by atoms with Crippen LogP contribution >= 0.6 is 23.2 Å². The van der Waals surface area contributed by atoms with Crippen LogP contribution in [0.25, 0.3) is 11.3 Å². The molecule has 4 aromatic carbocycles. The van der Waals surface area contributed by atoms with E-state index in [-0.39, 0.29) is 69.9 Å². The molecule has 0 bridgehead atoms. The summed E-state index contributed by atoms with van der Waals surface area (Å²) in [5, 5.41) is 28.3. The highest BCUT2D eigenvalue weighted by atomic mass is 35.5. The van der Waals surface area contributed by atoms with Crippen LogP contribution in [0, 0.1) is 28.4 Å². The van der Waals surface area contributed by atoms with Gasteiger partial charge in [-0.1, -0.05) is 92.5 Å². The van der Waals surface area contributed by atoms with Crippen LogP contribution in [0.15, 0.2) is 103 Å². The zero-order valence-corrected chi connectivity index (χ0v) is 46.8. The maximum atomic E-state index is 16.2. The molecule has 8 rings (SSSR count). The Labute approximate surface area is 470 Å². The first-order valence-corrected chi connectivity index (χ1v) is 27.2. The predicted octanol–water partition coefficient (Wildman–Crippen LogP) is 10.2. The van der Waals surface area contributed by atoms with E-state index in [1.54, 1.807) is 12.3 Å². The summed E-state index contributed by atoms with van der Waals surface area (Å²) in [7, 11) is 5.43. The summed E-state index contributed by atoms with van der Waals surface area (Å²) in [5.41, 5.74) is 0.892. The van der Waals surface area contributed by atoms with Crippen molar-refractivity contribution in [1.29, 1.82) is 5.26 Å².